The molecule has 1 N–H and O–H groups in total. The molecule has 3 aromatic rings. The number of pyridine rings is 1. The highest BCUT2D eigenvalue weighted by Crippen LogP contribution is 2.31. The van der Waals surface area contributed by atoms with E-state index in [2.05, 4.69) is 22.1 Å². The van der Waals surface area contributed by atoms with Gasteiger partial charge in [-0.2, -0.15) is 0 Å². The molecule has 0 radical (unpaired) electrons. The molecule has 0 bridgehead atoms. The zero-order valence-corrected chi connectivity index (χ0v) is 22.7. The average Bonchev–Trinajstić information content (AvgIpc) is 3.41. The van der Waals surface area contributed by atoms with Gasteiger partial charge < -0.3 is 19.7 Å². The van der Waals surface area contributed by atoms with Crippen molar-refractivity contribution in [1.82, 2.24) is 24.7 Å². The van der Waals surface area contributed by atoms with Crippen molar-refractivity contribution in [3.8, 4) is 5.69 Å². The fraction of sp³-hybridized carbons (Fsp3) is 0.483. The summed E-state index contributed by atoms with van der Waals surface area (Å²) in [5.41, 5.74) is 4.18. The van der Waals surface area contributed by atoms with E-state index in [-0.39, 0.29) is 23.9 Å². The molecular formula is C29H38FN5O2. The summed E-state index contributed by atoms with van der Waals surface area (Å²) >= 11 is 0. The van der Waals surface area contributed by atoms with Crippen molar-refractivity contribution in [2.75, 3.05) is 26.7 Å². The SMILES string of the molecule is CC(=O)NC(C)CN1CCC(Cc2cncc3c2c(C)cn3-c2ccc(F)cc2C(=O)N(C)C(C)C)C1. The summed E-state index contributed by atoms with van der Waals surface area (Å²) in [5.74, 6) is -0.146. The van der Waals surface area contributed by atoms with E-state index in [1.807, 2.05) is 43.9 Å². The molecule has 8 heteroatoms. The second-order valence-corrected chi connectivity index (χ2v) is 10.8. The Morgan fingerprint density at radius 1 is 1.24 bits per heavy atom. The second kappa shape index (κ2) is 11.0. The minimum absolute atomic E-state index is 0.00264. The fourth-order valence-electron chi connectivity index (χ4n) is 5.46. The summed E-state index contributed by atoms with van der Waals surface area (Å²) in [6, 6.07) is 4.51. The van der Waals surface area contributed by atoms with E-state index in [1.165, 1.54) is 17.7 Å². The number of fused-ring (bicyclic) bond motifs is 1. The quantitative estimate of drug-likeness (QED) is 0.492. The molecule has 2 amide bonds. The summed E-state index contributed by atoms with van der Waals surface area (Å²) in [6.07, 6.45) is 7.80. The van der Waals surface area contributed by atoms with Crippen molar-refractivity contribution in [3.63, 3.8) is 0 Å². The molecule has 0 saturated carbocycles. The third-order valence-corrected chi connectivity index (χ3v) is 7.38. The molecule has 37 heavy (non-hydrogen) atoms. The van der Waals surface area contributed by atoms with Crippen molar-refractivity contribution in [3.05, 3.63) is 59.3 Å². The number of rotatable bonds is 8. The van der Waals surface area contributed by atoms with Crippen LogP contribution in [0.15, 0.2) is 36.8 Å². The third-order valence-electron chi connectivity index (χ3n) is 7.38. The van der Waals surface area contributed by atoms with Crippen LogP contribution in [0.5, 0.6) is 0 Å². The van der Waals surface area contributed by atoms with Gasteiger partial charge in [0.1, 0.15) is 5.82 Å². The molecular weight excluding hydrogens is 469 g/mol. The highest BCUT2D eigenvalue weighted by Gasteiger charge is 2.26. The van der Waals surface area contributed by atoms with E-state index < -0.39 is 5.82 Å². The molecule has 198 valence electrons. The van der Waals surface area contributed by atoms with Gasteiger partial charge in [0.2, 0.25) is 5.91 Å². The van der Waals surface area contributed by atoms with Gasteiger partial charge in [-0.3, -0.25) is 14.6 Å². The van der Waals surface area contributed by atoms with Crippen molar-refractivity contribution in [2.45, 2.75) is 59.5 Å². The van der Waals surface area contributed by atoms with E-state index in [0.717, 1.165) is 48.9 Å². The number of halogens is 1. The van der Waals surface area contributed by atoms with Crippen LogP contribution >= 0.6 is 0 Å². The van der Waals surface area contributed by atoms with Crippen LogP contribution in [0.25, 0.3) is 16.6 Å². The highest BCUT2D eigenvalue weighted by molar-refractivity contribution is 5.99. The van der Waals surface area contributed by atoms with Crippen LogP contribution < -0.4 is 5.32 Å². The molecule has 3 heterocycles. The highest BCUT2D eigenvalue weighted by atomic mass is 19.1. The minimum Gasteiger partial charge on any atom is -0.353 e. The van der Waals surface area contributed by atoms with Gasteiger partial charge in [-0.1, -0.05) is 0 Å². The molecule has 1 aromatic carbocycles. The Morgan fingerprint density at radius 3 is 2.70 bits per heavy atom. The Kier molecular flexibility index (Phi) is 7.97. The molecule has 2 unspecified atom stereocenters. The molecule has 0 aliphatic carbocycles. The van der Waals surface area contributed by atoms with Crippen LogP contribution in [0.3, 0.4) is 0 Å². The van der Waals surface area contributed by atoms with Crippen molar-refractivity contribution >= 4 is 22.7 Å². The standard InChI is InChI=1S/C29H38FN5O2/c1-18(2)33(6)29(37)25-12-24(30)7-8-26(25)35-15-19(3)28-23(13-31-14-27(28)35)11-22-9-10-34(17-22)16-20(4)32-21(5)36/h7-8,12-15,18,20,22H,9-11,16-17H2,1-6H3,(H,32,36). The topological polar surface area (TPSA) is 70.5 Å². The van der Waals surface area contributed by atoms with Gasteiger partial charge in [-0.15, -0.1) is 0 Å². The first-order valence-electron chi connectivity index (χ1n) is 13.1. The molecule has 0 spiro atoms. The van der Waals surface area contributed by atoms with Crippen molar-refractivity contribution in [2.24, 2.45) is 5.92 Å². The Labute approximate surface area is 218 Å². The number of nitrogens with one attached hydrogen (secondary N) is 1. The number of benzene rings is 1. The Hall–Kier alpha value is -3.26. The van der Waals surface area contributed by atoms with E-state index in [0.29, 0.717) is 17.2 Å². The van der Waals surface area contributed by atoms with Crippen LogP contribution in [0.2, 0.25) is 0 Å². The third kappa shape index (κ3) is 5.85. The first-order chi connectivity index (χ1) is 17.5. The van der Waals surface area contributed by atoms with Gasteiger partial charge in [0.15, 0.2) is 0 Å². The van der Waals surface area contributed by atoms with Crippen LogP contribution in [0.4, 0.5) is 4.39 Å². The lowest BCUT2D eigenvalue weighted by Crippen LogP contribution is -2.40. The molecule has 2 aromatic heterocycles. The minimum atomic E-state index is -0.435. The zero-order valence-electron chi connectivity index (χ0n) is 22.7. The fourth-order valence-corrected chi connectivity index (χ4v) is 5.46. The number of nitrogens with zero attached hydrogens (tertiary/aromatic N) is 4. The Bertz CT molecular complexity index is 1300. The summed E-state index contributed by atoms with van der Waals surface area (Å²) in [4.78, 5) is 33.2. The van der Waals surface area contributed by atoms with E-state index >= 15 is 0 Å². The number of hydrogen-bond donors (Lipinski definition) is 1. The molecule has 1 fully saturated rings. The molecule has 4 rings (SSSR count). The lowest BCUT2D eigenvalue weighted by atomic mass is 9.96. The lowest BCUT2D eigenvalue weighted by molar-refractivity contribution is -0.119. The molecule has 1 aliphatic rings. The summed E-state index contributed by atoms with van der Waals surface area (Å²) in [7, 11) is 1.74. The smallest absolute Gasteiger partial charge is 0.256 e. The van der Waals surface area contributed by atoms with Gasteiger partial charge in [0, 0.05) is 56.9 Å². The summed E-state index contributed by atoms with van der Waals surface area (Å²) in [6.45, 7) is 12.4. The number of aromatic nitrogens is 2. The lowest BCUT2D eigenvalue weighted by Gasteiger charge is -2.23. The van der Waals surface area contributed by atoms with Crippen molar-refractivity contribution < 1.29 is 14.0 Å². The predicted molar refractivity (Wildman–Crippen MR) is 145 cm³/mol. The Morgan fingerprint density at radius 2 is 2.00 bits per heavy atom. The first-order valence-corrected chi connectivity index (χ1v) is 13.1. The van der Waals surface area contributed by atoms with Crippen LogP contribution in [-0.2, 0) is 11.2 Å². The van der Waals surface area contributed by atoms with Gasteiger partial charge in [0.05, 0.1) is 23.0 Å². The zero-order chi connectivity index (χ0) is 26.9. The number of aryl methyl sites for hydroxylation is 1. The van der Waals surface area contributed by atoms with E-state index in [9.17, 15) is 14.0 Å². The number of hydrogen-bond acceptors (Lipinski definition) is 4. The summed E-state index contributed by atoms with van der Waals surface area (Å²) in [5, 5.41) is 4.11. The number of carbonyl (C=O) groups is 2. The normalized spacial score (nSPS) is 16.9. The van der Waals surface area contributed by atoms with Crippen LogP contribution in [-0.4, -0.2) is 69.9 Å². The van der Waals surface area contributed by atoms with Gasteiger partial charge in [-0.25, -0.2) is 4.39 Å². The van der Waals surface area contributed by atoms with Crippen LogP contribution in [0, 0.1) is 18.7 Å². The summed E-state index contributed by atoms with van der Waals surface area (Å²) < 4.78 is 16.2. The average molecular weight is 508 g/mol. The largest absolute Gasteiger partial charge is 0.353 e. The van der Waals surface area contributed by atoms with Crippen molar-refractivity contribution in [1.29, 1.82) is 0 Å². The van der Waals surface area contributed by atoms with E-state index in [1.54, 1.807) is 24.9 Å². The van der Waals surface area contributed by atoms with E-state index in [4.69, 9.17) is 0 Å². The monoisotopic (exact) mass is 507 g/mol. The number of carbonyl (C=O) groups excluding carboxylic acids is 2. The maximum Gasteiger partial charge on any atom is 0.256 e. The molecule has 2 atom stereocenters. The molecule has 7 nitrogen and oxygen atoms in total. The predicted octanol–water partition coefficient (Wildman–Crippen LogP) is 4.34. The molecule has 1 aliphatic heterocycles. The van der Waals surface area contributed by atoms with Gasteiger partial charge in [0.25, 0.3) is 5.91 Å². The maximum absolute atomic E-state index is 14.3. The first kappa shape index (κ1) is 26.8. The molecule has 1 saturated heterocycles. The van der Waals surface area contributed by atoms with Gasteiger partial charge in [-0.05, 0) is 82.3 Å². The number of likely N-dealkylation sites (tertiary alicyclic amines) is 1. The van der Waals surface area contributed by atoms with Gasteiger partial charge >= 0.3 is 0 Å². The second-order valence-electron chi connectivity index (χ2n) is 10.8. The maximum atomic E-state index is 14.3. The Balaban J connectivity index is 1.62. The number of amides is 2. The van der Waals surface area contributed by atoms with Crippen LogP contribution in [0.1, 0.15) is 55.6 Å².